The van der Waals surface area contributed by atoms with Crippen molar-refractivity contribution in [1.82, 2.24) is 9.78 Å². The number of rotatable bonds is 1. The fraction of sp³-hybridized carbons (Fsp3) is 0.556. The molecule has 14 heavy (non-hydrogen) atoms. The molecule has 4 nitrogen and oxygen atoms in total. The summed E-state index contributed by atoms with van der Waals surface area (Å²) in [7, 11) is 0. The summed E-state index contributed by atoms with van der Waals surface area (Å²) in [5, 5.41) is 8.31. The molecule has 0 fully saturated rings. The summed E-state index contributed by atoms with van der Waals surface area (Å²) in [6, 6.07) is 0. The molecule has 0 radical (unpaired) electrons. The van der Waals surface area contributed by atoms with Crippen molar-refractivity contribution in [2.24, 2.45) is 0 Å². The number of carbonyl (C=O) groups excluding carboxylic acids is 1. The third kappa shape index (κ3) is 1.32. The molecule has 0 spiro atoms. The lowest BCUT2D eigenvalue weighted by molar-refractivity contribution is -0.115. The summed E-state index contributed by atoms with van der Waals surface area (Å²) >= 11 is 1.58. The third-order valence-electron chi connectivity index (χ3n) is 2.29. The predicted molar refractivity (Wildman–Crippen MR) is 56.6 cm³/mol. The number of carbonyl (C=O) groups is 1. The molecule has 76 valence electrons. The number of nitrogens with one attached hydrogen (secondary N) is 1. The Morgan fingerprint density at radius 2 is 2.36 bits per heavy atom. The van der Waals surface area contributed by atoms with Crippen molar-refractivity contribution in [3.63, 3.8) is 0 Å². The van der Waals surface area contributed by atoms with Crippen LogP contribution in [-0.4, -0.2) is 20.9 Å². The van der Waals surface area contributed by atoms with Crippen LogP contribution < -0.4 is 5.32 Å². The number of anilines is 1. The number of aryl methyl sites for hydroxylation is 2. The molecule has 0 aromatic carbocycles. The van der Waals surface area contributed by atoms with Gasteiger partial charge >= 0.3 is 0 Å². The summed E-state index contributed by atoms with van der Waals surface area (Å²) < 4.78 is 1.94. The first-order valence-corrected chi connectivity index (χ1v) is 5.56. The first-order valence-electron chi connectivity index (χ1n) is 4.68. The van der Waals surface area contributed by atoms with Gasteiger partial charge in [-0.3, -0.25) is 9.48 Å². The molecule has 0 saturated heterocycles. The Labute approximate surface area is 87.1 Å². The Kier molecular flexibility index (Phi) is 2.26. The largest absolute Gasteiger partial charge is 0.321 e. The fourth-order valence-corrected chi connectivity index (χ4v) is 2.59. The molecule has 1 amide bonds. The molecule has 1 aromatic rings. The van der Waals surface area contributed by atoms with Gasteiger partial charge in [0, 0.05) is 6.54 Å². The van der Waals surface area contributed by atoms with Crippen molar-refractivity contribution in [3.8, 4) is 0 Å². The lowest BCUT2D eigenvalue weighted by Gasteiger charge is -2.19. The van der Waals surface area contributed by atoms with Crippen LogP contribution in [0.5, 0.6) is 0 Å². The van der Waals surface area contributed by atoms with Crippen molar-refractivity contribution in [2.75, 3.05) is 5.32 Å². The van der Waals surface area contributed by atoms with Gasteiger partial charge in [0.25, 0.3) is 0 Å². The van der Waals surface area contributed by atoms with E-state index in [1.54, 1.807) is 11.8 Å². The van der Waals surface area contributed by atoms with Gasteiger partial charge in [-0.05, 0) is 20.8 Å². The number of aromatic nitrogens is 2. The highest BCUT2D eigenvalue weighted by Crippen LogP contribution is 2.37. The van der Waals surface area contributed by atoms with Crippen molar-refractivity contribution in [3.05, 3.63) is 5.69 Å². The molecule has 1 aliphatic heterocycles. The zero-order valence-electron chi connectivity index (χ0n) is 8.50. The molecule has 1 atom stereocenters. The Morgan fingerprint density at radius 1 is 1.64 bits per heavy atom. The van der Waals surface area contributed by atoms with Gasteiger partial charge in [-0.15, -0.1) is 0 Å². The summed E-state index contributed by atoms with van der Waals surface area (Å²) in [6.07, 6.45) is 0. The molecule has 0 saturated carbocycles. The molecule has 0 aliphatic carbocycles. The third-order valence-corrected chi connectivity index (χ3v) is 3.49. The highest BCUT2D eigenvalue weighted by atomic mass is 32.2. The SMILES string of the molecule is CCn1nc(C)c2c1SC(C)C(=O)N2. The van der Waals surface area contributed by atoms with Crippen LogP contribution in [-0.2, 0) is 11.3 Å². The molecule has 5 heteroatoms. The minimum atomic E-state index is -0.0242. The van der Waals surface area contributed by atoms with Gasteiger partial charge in [0.1, 0.15) is 5.03 Å². The molecular formula is C9H13N3OS. The summed E-state index contributed by atoms with van der Waals surface area (Å²) in [4.78, 5) is 11.4. The van der Waals surface area contributed by atoms with Gasteiger partial charge in [0.05, 0.1) is 16.6 Å². The van der Waals surface area contributed by atoms with E-state index in [2.05, 4.69) is 10.4 Å². The first-order chi connectivity index (χ1) is 6.63. The Hall–Kier alpha value is -0.970. The van der Waals surface area contributed by atoms with Crippen LogP contribution in [0.15, 0.2) is 5.03 Å². The van der Waals surface area contributed by atoms with Gasteiger partial charge in [-0.25, -0.2) is 0 Å². The van der Waals surface area contributed by atoms with Crippen LogP contribution in [0.4, 0.5) is 5.69 Å². The molecule has 1 N–H and O–H groups in total. The lowest BCUT2D eigenvalue weighted by atomic mass is 10.3. The van der Waals surface area contributed by atoms with E-state index >= 15 is 0 Å². The van der Waals surface area contributed by atoms with E-state index in [9.17, 15) is 4.79 Å². The number of amides is 1. The van der Waals surface area contributed by atoms with Gasteiger partial charge in [-0.1, -0.05) is 11.8 Å². The topological polar surface area (TPSA) is 46.9 Å². The summed E-state index contributed by atoms with van der Waals surface area (Å²) in [5.74, 6) is 0.0706. The van der Waals surface area contributed by atoms with Crippen LogP contribution in [0.25, 0.3) is 0 Å². The van der Waals surface area contributed by atoms with Crippen LogP contribution in [0, 0.1) is 6.92 Å². The summed E-state index contributed by atoms with van der Waals surface area (Å²) in [6.45, 7) is 6.72. The van der Waals surface area contributed by atoms with Crippen molar-refractivity contribution < 1.29 is 4.79 Å². The van der Waals surface area contributed by atoms with Crippen molar-refractivity contribution in [1.29, 1.82) is 0 Å². The number of nitrogens with zero attached hydrogens (tertiary/aromatic N) is 2. The average molecular weight is 211 g/mol. The molecule has 0 bridgehead atoms. The van der Waals surface area contributed by atoms with Crippen LogP contribution in [0.2, 0.25) is 0 Å². The predicted octanol–water partition coefficient (Wildman–Crippen LogP) is 1.64. The second-order valence-electron chi connectivity index (χ2n) is 3.33. The second-order valence-corrected chi connectivity index (χ2v) is 4.66. The Morgan fingerprint density at radius 3 is 3.00 bits per heavy atom. The Bertz CT molecular complexity index is 386. The molecule has 1 aliphatic rings. The molecule has 1 unspecified atom stereocenters. The highest BCUT2D eigenvalue weighted by molar-refractivity contribution is 8.00. The van der Waals surface area contributed by atoms with E-state index in [-0.39, 0.29) is 11.2 Å². The maximum Gasteiger partial charge on any atom is 0.237 e. The first kappa shape index (κ1) is 9.58. The van der Waals surface area contributed by atoms with Gasteiger partial charge in [-0.2, -0.15) is 5.10 Å². The maximum atomic E-state index is 11.4. The fourth-order valence-electron chi connectivity index (χ4n) is 1.48. The zero-order valence-corrected chi connectivity index (χ0v) is 9.31. The molecule has 2 heterocycles. The highest BCUT2D eigenvalue weighted by Gasteiger charge is 2.28. The lowest BCUT2D eigenvalue weighted by Crippen LogP contribution is -2.27. The van der Waals surface area contributed by atoms with Crippen LogP contribution in [0.3, 0.4) is 0 Å². The molecule has 1 aromatic heterocycles. The second kappa shape index (κ2) is 3.31. The van der Waals surface area contributed by atoms with Crippen molar-refractivity contribution >= 4 is 23.4 Å². The van der Waals surface area contributed by atoms with E-state index in [1.807, 2.05) is 25.5 Å². The maximum absolute atomic E-state index is 11.4. The molecular weight excluding hydrogens is 198 g/mol. The number of hydrogen-bond donors (Lipinski definition) is 1. The number of fused-ring (bicyclic) bond motifs is 1. The normalized spacial score (nSPS) is 20.5. The Balaban J connectivity index is 2.48. The van der Waals surface area contributed by atoms with Gasteiger partial charge < -0.3 is 5.32 Å². The van der Waals surface area contributed by atoms with Gasteiger partial charge in [0.15, 0.2) is 0 Å². The summed E-state index contributed by atoms with van der Waals surface area (Å²) in [5.41, 5.74) is 1.79. The van der Waals surface area contributed by atoms with E-state index in [0.29, 0.717) is 0 Å². The minimum absolute atomic E-state index is 0.0242. The minimum Gasteiger partial charge on any atom is -0.321 e. The van der Waals surface area contributed by atoms with E-state index in [1.165, 1.54) is 0 Å². The monoisotopic (exact) mass is 211 g/mol. The van der Waals surface area contributed by atoms with Crippen molar-refractivity contribution in [2.45, 2.75) is 37.6 Å². The number of hydrogen-bond acceptors (Lipinski definition) is 3. The van der Waals surface area contributed by atoms with Gasteiger partial charge in [0.2, 0.25) is 5.91 Å². The van der Waals surface area contributed by atoms with E-state index < -0.39 is 0 Å². The average Bonchev–Trinajstić information content (AvgIpc) is 2.45. The van der Waals surface area contributed by atoms with Crippen LogP contribution in [0.1, 0.15) is 19.5 Å². The standard InChI is InChI=1S/C9H13N3OS/c1-4-12-9-7(5(2)11-12)10-8(13)6(3)14-9/h6H,4H2,1-3H3,(H,10,13). The number of thioether (sulfide) groups is 1. The quantitative estimate of drug-likeness (QED) is 0.768. The van der Waals surface area contributed by atoms with E-state index in [4.69, 9.17) is 0 Å². The van der Waals surface area contributed by atoms with Crippen LogP contribution >= 0.6 is 11.8 Å². The van der Waals surface area contributed by atoms with E-state index in [0.717, 1.165) is 23.0 Å². The smallest absolute Gasteiger partial charge is 0.237 e. The zero-order chi connectivity index (χ0) is 10.3. The molecule has 2 rings (SSSR count).